The summed E-state index contributed by atoms with van der Waals surface area (Å²) in [5.74, 6) is -1.13. The van der Waals surface area contributed by atoms with E-state index in [0.29, 0.717) is 13.2 Å². The highest BCUT2D eigenvalue weighted by atomic mass is 16.5. The number of quaternary nitrogens is 1. The summed E-state index contributed by atoms with van der Waals surface area (Å²) >= 11 is 0. The van der Waals surface area contributed by atoms with Crippen molar-refractivity contribution in [3.63, 3.8) is 0 Å². The molecule has 1 atom stereocenters. The molecule has 1 aliphatic rings. The quantitative estimate of drug-likeness (QED) is 0.223. The summed E-state index contributed by atoms with van der Waals surface area (Å²) in [4.78, 5) is 21.0. The first-order chi connectivity index (χ1) is 11.4. The van der Waals surface area contributed by atoms with Gasteiger partial charge in [0.05, 0.1) is 53.5 Å². The number of ether oxygens (including phenoxy) is 1. The number of nitrogens with one attached hydrogen (secondary N) is 2. The monoisotopic (exact) mass is 365 g/mol. The molecular weight excluding hydrogens is 334 g/mol. The van der Waals surface area contributed by atoms with E-state index in [2.05, 4.69) is 32.2 Å². The van der Waals surface area contributed by atoms with Crippen LogP contribution in [0, 0.1) is 5.41 Å². The van der Waals surface area contributed by atoms with Crippen molar-refractivity contribution in [2.45, 2.75) is 6.10 Å². The molecule has 0 saturated carbocycles. The predicted molar refractivity (Wildman–Crippen MR) is 89.4 cm³/mol. The number of carbonyl (C=O) groups is 2. The van der Waals surface area contributed by atoms with Crippen molar-refractivity contribution < 1.29 is 34.1 Å². The van der Waals surface area contributed by atoms with Gasteiger partial charge in [-0.15, -0.1) is 0 Å². The first-order valence-electron chi connectivity index (χ1n) is 7.59. The Morgan fingerprint density at radius 2 is 2.04 bits per heavy atom. The van der Waals surface area contributed by atoms with Crippen molar-refractivity contribution in [3.8, 4) is 0 Å². The molecule has 1 aliphatic heterocycles. The Morgan fingerprint density at radius 3 is 2.28 bits per heavy atom. The number of guanidine groups is 1. The van der Waals surface area contributed by atoms with E-state index in [0.717, 1.165) is 11.0 Å². The van der Waals surface area contributed by atoms with Gasteiger partial charge < -0.3 is 40.0 Å². The Kier molecular flexibility index (Phi) is 13.7. The van der Waals surface area contributed by atoms with Gasteiger partial charge in [0.25, 0.3) is 0 Å². The summed E-state index contributed by atoms with van der Waals surface area (Å²) in [6.07, 6.45) is -0.738. The number of aliphatic hydroxyl groups is 2. The smallest absolute Gasteiger partial charge is 0.246 e. The molecule has 1 unspecified atom stereocenters. The standard InChI is InChI=1S/C8H20NO3.C4H7N3O.C2H5NO2/c1-9(2,3)4-5-12-7-8(11)6-10;1-7-2-3(8)6-4(7)5;3-1-2(4)5/h8,10-11H,4-7H2,1-3H3;2H2,1H3,(H2,5,6,8);1,3H2,(H,4,5)/q+1;;/p-1. The van der Waals surface area contributed by atoms with Crippen LogP contribution in [0.3, 0.4) is 0 Å². The van der Waals surface area contributed by atoms with Crippen molar-refractivity contribution in [2.24, 2.45) is 5.73 Å². The molecule has 0 radical (unpaired) electrons. The highest BCUT2D eigenvalue weighted by Gasteiger charge is 2.18. The summed E-state index contributed by atoms with van der Waals surface area (Å²) in [6, 6.07) is 0. The topological polar surface area (TPSA) is 172 Å². The summed E-state index contributed by atoms with van der Waals surface area (Å²) in [7, 11) is 7.92. The van der Waals surface area contributed by atoms with E-state index in [9.17, 15) is 4.79 Å². The normalized spacial score (nSPS) is 14.8. The molecule has 0 aliphatic carbocycles. The fraction of sp³-hybridized carbons (Fsp3) is 0.786. The molecule has 0 bridgehead atoms. The van der Waals surface area contributed by atoms with Crippen molar-refractivity contribution in [1.29, 1.82) is 5.41 Å². The molecule has 11 nitrogen and oxygen atoms in total. The molecule has 1 heterocycles. The zero-order chi connectivity index (χ0) is 20.0. The number of amides is 1. The van der Waals surface area contributed by atoms with Crippen molar-refractivity contribution >= 4 is 17.8 Å². The fourth-order valence-corrected chi connectivity index (χ4v) is 1.17. The van der Waals surface area contributed by atoms with Crippen LogP contribution >= 0.6 is 0 Å². The first-order valence-corrected chi connectivity index (χ1v) is 7.59. The summed E-state index contributed by atoms with van der Waals surface area (Å²) < 4.78 is 5.98. The van der Waals surface area contributed by atoms with Crippen LogP contribution in [-0.4, -0.2) is 111 Å². The lowest BCUT2D eigenvalue weighted by Crippen LogP contribution is -2.38. The third-order valence-corrected chi connectivity index (χ3v) is 2.61. The number of aliphatic hydroxyl groups excluding tert-OH is 2. The Bertz CT molecular complexity index is 413. The molecule has 25 heavy (non-hydrogen) atoms. The Balaban J connectivity index is 0. The van der Waals surface area contributed by atoms with Crippen molar-refractivity contribution in [1.82, 2.24) is 10.2 Å². The van der Waals surface area contributed by atoms with E-state index in [1.807, 2.05) is 0 Å². The number of aliphatic carboxylic acids is 1. The Hall–Kier alpha value is -1.79. The van der Waals surface area contributed by atoms with Gasteiger partial charge in [-0.1, -0.05) is 0 Å². The van der Waals surface area contributed by atoms with E-state index in [1.165, 1.54) is 0 Å². The number of nitrogens with two attached hydrogens (primary N) is 1. The molecule has 1 saturated heterocycles. The van der Waals surface area contributed by atoms with E-state index < -0.39 is 12.1 Å². The number of rotatable bonds is 7. The molecule has 0 aromatic rings. The number of hydrogen-bond acceptors (Lipinski definition) is 8. The van der Waals surface area contributed by atoms with Gasteiger partial charge in [0.2, 0.25) is 5.91 Å². The highest BCUT2D eigenvalue weighted by molar-refractivity contribution is 6.02. The molecule has 0 spiro atoms. The van der Waals surface area contributed by atoms with E-state index in [1.54, 1.807) is 11.9 Å². The maximum absolute atomic E-state index is 10.4. The van der Waals surface area contributed by atoms with Gasteiger partial charge in [0.1, 0.15) is 12.6 Å². The zero-order valence-corrected chi connectivity index (χ0v) is 15.3. The third-order valence-electron chi connectivity index (χ3n) is 2.61. The second kappa shape index (κ2) is 13.5. The van der Waals surface area contributed by atoms with Gasteiger partial charge in [-0.25, -0.2) is 0 Å². The summed E-state index contributed by atoms with van der Waals surface area (Å²) in [6.45, 7) is 1.43. The van der Waals surface area contributed by atoms with Crippen LogP contribution in [0.4, 0.5) is 0 Å². The SMILES string of the molecule is CN1CC(=O)NC1=N.C[N+](C)(C)CCOCC(O)CO.NCC(=O)[O-]. The van der Waals surface area contributed by atoms with Gasteiger partial charge >= 0.3 is 0 Å². The zero-order valence-electron chi connectivity index (χ0n) is 15.3. The number of carboxylic acid groups (broad SMARTS) is 1. The molecule has 6 N–H and O–H groups in total. The maximum Gasteiger partial charge on any atom is 0.246 e. The van der Waals surface area contributed by atoms with Crippen molar-refractivity contribution in [3.05, 3.63) is 0 Å². The second-order valence-electron chi connectivity index (χ2n) is 6.25. The van der Waals surface area contributed by atoms with Crippen LogP contribution < -0.4 is 16.2 Å². The van der Waals surface area contributed by atoms with Crippen LogP contribution in [0.15, 0.2) is 0 Å². The molecule has 1 fully saturated rings. The molecule has 148 valence electrons. The second-order valence-corrected chi connectivity index (χ2v) is 6.25. The molecule has 0 aromatic carbocycles. The molecule has 0 aromatic heterocycles. The van der Waals surface area contributed by atoms with Crippen molar-refractivity contribution in [2.75, 3.05) is 67.6 Å². The predicted octanol–water partition coefficient (Wildman–Crippen LogP) is -4.26. The lowest BCUT2D eigenvalue weighted by molar-refractivity contribution is -0.870. The minimum absolute atomic E-state index is 0.0995. The van der Waals surface area contributed by atoms with Gasteiger partial charge in [-0.3, -0.25) is 15.5 Å². The Labute approximate surface area is 148 Å². The fourth-order valence-electron chi connectivity index (χ4n) is 1.17. The van der Waals surface area contributed by atoms with Crippen LogP contribution in [-0.2, 0) is 14.3 Å². The number of carboxylic acids is 1. The van der Waals surface area contributed by atoms with Gasteiger partial charge in [0.15, 0.2) is 5.96 Å². The lowest BCUT2D eigenvalue weighted by atomic mass is 10.4. The lowest BCUT2D eigenvalue weighted by Gasteiger charge is -2.23. The van der Waals surface area contributed by atoms with Gasteiger partial charge in [0, 0.05) is 13.6 Å². The maximum atomic E-state index is 10.4. The first kappa shape index (κ1) is 25.5. The molecule has 1 rings (SSSR count). The Morgan fingerprint density at radius 1 is 1.52 bits per heavy atom. The minimum atomic E-state index is -1.22. The number of hydrogen-bond donors (Lipinski definition) is 5. The van der Waals surface area contributed by atoms with E-state index >= 15 is 0 Å². The van der Waals surface area contributed by atoms with Gasteiger partial charge in [-0.2, -0.15) is 0 Å². The van der Waals surface area contributed by atoms with Gasteiger partial charge in [-0.05, 0) is 0 Å². The molecule has 11 heteroatoms. The van der Waals surface area contributed by atoms with Crippen LogP contribution in [0.5, 0.6) is 0 Å². The summed E-state index contributed by atoms with van der Waals surface area (Å²) in [5, 5.41) is 35.8. The minimum Gasteiger partial charge on any atom is -0.549 e. The van der Waals surface area contributed by atoms with E-state index in [4.69, 9.17) is 30.3 Å². The average Bonchev–Trinajstić information content (AvgIpc) is 2.79. The third kappa shape index (κ3) is 18.4. The number of carbonyl (C=O) groups excluding carboxylic acids is 2. The molecule has 1 amide bonds. The van der Waals surface area contributed by atoms with E-state index in [-0.39, 0.29) is 31.6 Å². The average molecular weight is 365 g/mol. The van der Waals surface area contributed by atoms with Crippen LogP contribution in [0.25, 0.3) is 0 Å². The van der Waals surface area contributed by atoms with Crippen LogP contribution in [0.2, 0.25) is 0 Å². The summed E-state index contributed by atoms with van der Waals surface area (Å²) in [5.41, 5.74) is 4.51. The molecular formula is C14H31N5O6. The highest BCUT2D eigenvalue weighted by Crippen LogP contribution is 1.91. The number of likely N-dealkylation sites (N-methyl/N-ethyl adjacent to an activating group) is 2. The largest absolute Gasteiger partial charge is 0.549 e. The number of nitrogens with zero attached hydrogens (tertiary/aromatic N) is 2. The van der Waals surface area contributed by atoms with Crippen LogP contribution in [0.1, 0.15) is 0 Å².